The standard InChI is InChI=1S/C18H16FN3O3S/c19-14-9-6-13(7-10-14)8-11-16(23)20-18(26)22-21-17(24)12-25-15-4-2-1-3-5-15/h1-11H,12H2,(H,21,24)(H2,20,22,23,26). The summed E-state index contributed by atoms with van der Waals surface area (Å²) in [7, 11) is 0. The maximum atomic E-state index is 12.8. The molecule has 0 bridgehead atoms. The first-order valence-electron chi connectivity index (χ1n) is 7.54. The minimum atomic E-state index is -0.499. The first-order chi connectivity index (χ1) is 12.5. The van der Waals surface area contributed by atoms with Gasteiger partial charge in [0.15, 0.2) is 11.7 Å². The highest BCUT2D eigenvalue weighted by atomic mass is 32.1. The first kappa shape index (κ1) is 19.1. The molecule has 0 aromatic heterocycles. The van der Waals surface area contributed by atoms with E-state index in [4.69, 9.17) is 17.0 Å². The Balaban J connectivity index is 1.68. The Morgan fingerprint density at radius 3 is 2.42 bits per heavy atom. The predicted octanol–water partition coefficient (Wildman–Crippen LogP) is 1.94. The molecule has 26 heavy (non-hydrogen) atoms. The summed E-state index contributed by atoms with van der Waals surface area (Å²) in [5, 5.41) is 2.28. The van der Waals surface area contributed by atoms with Gasteiger partial charge in [-0.3, -0.25) is 25.8 Å². The molecule has 0 aliphatic carbocycles. The van der Waals surface area contributed by atoms with E-state index in [1.54, 1.807) is 24.3 Å². The molecule has 2 aromatic rings. The number of hydrogen-bond acceptors (Lipinski definition) is 4. The molecule has 0 saturated carbocycles. The third-order valence-electron chi connectivity index (χ3n) is 2.96. The molecule has 3 N–H and O–H groups in total. The number of benzene rings is 2. The van der Waals surface area contributed by atoms with E-state index in [2.05, 4.69) is 16.2 Å². The molecule has 8 heteroatoms. The van der Waals surface area contributed by atoms with Crippen LogP contribution < -0.4 is 20.9 Å². The summed E-state index contributed by atoms with van der Waals surface area (Å²) in [5.41, 5.74) is 5.35. The third kappa shape index (κ3) is 7.10. The molecule has 0 saturated heterocycles. The van der Waals surface area contributed by atoms with Crippen molar-refractivity contribution in [3.8, 4) is 5.75 Å². The van der Waals surface area contributed by atoms with E-state index >= 15 is 0 Å². The number of rotatable bonds is 5. The normalized spacial score (nSPS) is 10.2. The fourth-order valence-corrected chi connectivity index (χ4v) is 1.91. The predicted molar refractivity (Wildman–Crippen MR) is 99.4 cm³/mol. The van der Waals surface area contributed by atoms with Crippen molar-refractivity contribution in [1.29, 1.82) is 0 Å². The molecule has 0 fully saturated rings. The van der Waals surface area contributed by atoms with Crippen LogP contribution in [0.4, 0.5) is 4.39 Å². The van der Waals surface area contributed by atoms with Crippen molar-refractivity contribution in [2.24, 2.45) is 0 Å². The summed E-state index contributed by atoms with van der Waals surface area (Å²) in [5.74, 6) is -0.762. The molecule has 2 amide bonds. The Bertz CT molecular complexity index is 795. The van der Waals surface area contributed by atoms with E-state index in [1.807, 2.05) is 6.07 Å². The zero-order valence-corrected chi connectivity index (χ0v) is 14.4. The van der Waals surface area contributed by atoms with Crippen molar-refractivity contribution in [1.82, 2.24) is 16.2 Å². The van der Waals surface area contributed by atoms with Gasteiger partial charge in [0.2, 0.25) is 5.91 Å². The van der Waals surface area contributed by atoms with Crippen LogP contribution in [0, 0.1) is 5.82 Å². The van der Waals surface area contributed by atoms with E-state index in [-0.39, 0.29) is 17.5 Å². The lowest BCUT2D eigenvalue weighted by Gasteiger charge is -2.10. The number of carbonyl (C=O) groups excluding carboxylic acids is 2. The lowest BCUT2D eigenvalue weighted by atomic mass is 10.2. The number of halogens is 1. The molecule has 0 atom stereocenters. The SMILES string of the molecule is O=C(C=Cc1ccc(F)cc1)NC(=S)NNC(=O)COc1ccccc1. The molecular formula is C18H16FN3O3S. The molecule has 0 aliphatic heterocycles. The molecular weight excluding hydrogens is 357 g/mol. The van der Waals surface area contributed by atoms with E-state index in [0.717, 1.165) is 0 Å². The zero-order valence-electron chi connectivity index (χ0n) is 13.6. The summed E-state index contributed by atoms with van der Waals surface area (Å²) in [4.78, 5) is 23.3. The van der Waals surface area contributed by atoms with Crippen molar-refractivity contribution in [2.75, 3.05) is 6.61 Å². The average Bonchev–Trinajstić information content (AvgIpc) is 2.65. The molecule has 6 nitrogen and oxygen atoms in total. The highest BCUT2D eigenvalue weighted by Gasteiger charge is 2.05. The van der Waals surface area contributed by atoms with Crippen LogP contribution in [0.2, 0.25) is 0 Å². The zero-order chi connectivity index (χ0) is 18.8. The van der Waals surface area contributed by atoms with Crippen LogP contribution in [0.1, 0.15) is 5.56 Å². The van der Waals surface area contributed by atoms with Gasteiger partial charge in [0.25, 0.3) is 5.91 Å². The summed E-state index contributed by atoms with van der Waals surface area (Å²) < 4.78 is 18.0. The highest BCUT2D eigenvalue weighted by molar-refractivity contribution is 7.80. The van der Waals surface area contributed by atoms with Crippen LogP contribution in [0.5, 0.6) is 5.75 Å². The van der Waals surface area contributed by atoms with Gasteiger partial charge in [-0.25, -0.2) is 4.39 Å². The monoisotopic (exact) mass is 373 g/mol. The summed E-state index contributed by atoms with van der Waals surface area (Å²) in [6.45, 7) is -0.210. The molecule has 0 spiro atoms. The topological polar surface area (TPSA) is 79.5 Å². The van der Waals surface area contributed by atoms with Crippen molar-refractivity contribution in [2.45, 2.75) is 0 Å². The number of para-hydroxylation sites is 1. The highest BCUT2D eigenvalue weighted by Crippen LogP contribution is 2.07. The number of hydrogen-bond donors (Lipinski definition) is 3. The Morgan fingerprint density at radius 2 is 1.73 bits per heavy atom. The fraction of sp³-hybridized carbons (Fsp3) is 0.0556. The fourth-order valence-electron chi connectivity index (χ4n) is 1.76. The number of thiocarbonyl (C=S) groups is 1. The van der Waals surface area contributed by atoms with Crippen LogP contribution in [0.25, 0.3) is 6.08 Å². The maximum absolute atomic E-state index is 12.8. The van der Waals surface area contributed by atoms with E-state index in [0.29, 0.717) is 11.3 Å². The summed E-state index contributed by atoms with van der Waals surface area (Å²) >= 11 is 4.89. The largest absolute Gasteiger partial charge is 0.484 e. The van der Waals surface area contributed by atoms with Crippen LogP contribution in [0.3, 0.4) is 0 Å². The van der Waals surface area contributed by atoms with Crippen molar-refractivity contribution < 1.29 is 18.7 Å². The number of amides is 2. The molecule has 0 unspecified atom stereocenters. The number of carbonyl (C=O) groups is 2. The number of nitrogens with one attached hydrogen (secondary N) is 3. The number of ether oxygens (including phenoxy) is 1. The average molecular weight is 373 g/mol. The van der Waals surface area contributed by atoms with Gasteiger partial charge in [0.1, 0.15) is 11.6 Å². The Morgan fingerprint density at radius 1 is 1.04 bits per heavy atom. The van der Waals surface area contributed by atoms with Gasteiger partial charge in [-0.2, -0.15) is 0 Å². The molecule has 0 radical (unpaired) electrons. The van der Waals surface area contributed by atoms with Crippen LogP contribution in [-0.2, 0) is 9.59 Å². The van der Waals surface area contributed by atoms with Gasteiger partial charge in [-0.15, -0.1) is 0 Å². The van der Waals surface area contributed by atoms with Gasteiger partial charge < -0.3 is 4.74 Å². The molecule has 2 aromatic carbocycles. The van der Waals surface area contributed by atoms with Crippen LogP contribution >= 0.6 is 12.2 Å². The van der Waals surface area contributed by atoms with Crippen molar-refractivity contribution in [3.05, 3.63) is 72.1 Å². The number of hydrazine groups is 1. The minimum absolute atomic E-state index is 0.0770. The molecule has 134 valence electrons. The second kappa shape index (κ2) is 9.90. The summed E-state index contributed by atoms with van der Waals surface area (Å²) in [6, 6.07) is 14.5. The third-order valence-corrected chi connectivity index (χ3v) is 3.17. The van der Waals surface area contributed by atoms with Gasteiger partial charge in [0, 0.05) is 6.08 Å². The second-order valence-corrected chi connectivity index (χ2v) is 5.39. The summed E-state index contributed by atoms with van der Waals surface area (Å²) in [6.07, 6.45) is 2.74. The van der Waals surface area contributed by atoms with E-state index in [1.165, 1.54) is 36.4 Å². The smallest absolute Gasteiger partial charge is 0.276 e. The Labute approximate surface area is 155 Å². The van der Waals surface area contributed by atoms with Crippen molar-refractivity contribution in [3.63, 3.8) is 0 Å². The van der Waals surface area contributed by atoms with E-state index < -0.39 is 11.8 Å². The Kier molecular flexibility index (Phi) is 7.26. The molecule has 2 rings (SSSR count). The van der Waals surface area contributed by atoms with Gasteiger partial charge in [-0.1, -0.05) is 30.3 Å². The first-order valence-corrected chi connectivity index (χ1v) is 7.95. The lowest BCUT2D eigenvalue weighted by Crippen LogP contribution is -2.49. The van der Waals surface area contributed by atoms with Crippen LogP contribution in [-0.4, -0.2) is 23.5 Å². The van der Waals surface area contributed by atoms with Gasteiger partial charge in [0.05, 0.1) is 0 Å². The second-order valence-electron chi connectivity index (χ2n) is 4.98. The van der Waals surface area contributed by atoms with E-state index in [9.17, 15) is 14.0 Å². The Hall–Kier alpha value is -3.26. The van der Waals surface area contributed by atoms with Crippen LogP contribution in [0.15, 0.2) is 60.7 Å². The molecule has 0 aliphatic rings. The molecule has 0 heterocycles. The van der Waals surface area contributed by atoms with Crippen molar-refractivity contribution >= 4 is 35.2 Å². The maximum Gasteiger partial charge on any atom is 0.276 e. The lowest BCUT2D eigenvalue weighted by molar-refractivity contribution is -0.123. The van der Waals surface area contributed by atoms with Gasteiger partial charge >= 0.3 is 0 Å². The van der Waals surface area contributed by atoms with Gasteiger partial charge in [-0.05, 0) is 48.1 Å². The minimum Gasteiger partial charge on any atom is -0.484 e. The quantitative estimate of drug-likeness (QED) is 0.424.